The highest BCUT2D eigenvalue weighted by Gasteiger charge is 2.20. The van der Waals surface area contributed by atoms with E-state index in [1.165, 1.54) is 0 Å². The number of carbonyl (C=O) groups excluding carboxylic acids is 2. The molecule has 1 aromatic carbocycles. The van der Waals surface area contributed by atoms with Crippen LogP contribution in [-0.4, -0.2) is 36.1 Å². The van der Waals surface area contributed by atoms with Crippen molar-refractivity contribution in [2.24, 2.45) is 5.73 Å². The van der Waals surface area contributed by atoms with Crippen molar-refractivity contribution in [2.45, 2.75) is 46.7 Å². The van der Waals surface area contributed by atoms with E-state index in [-0.39, 0.29) is 5.91 Å². The number of carbonyl (C=O) groups is 2. The number of hydrogen-bond acceptors (Lipinski definition) is 5. The van der Waals surface area contributed by atoms with Crippen LogP contribution in [0.25, 0.3) is 11.0 Å². The Labute approximate surface area is 191 Å². The number of nitrogens with two attached hydrogens (primary N) is 1. The van der Waals surface area contributed by atoms with Crippen molar-refractivity contribution in [3.63, 3.8) is 0 Å². The van der Waals surface area contributed by atoms with E-state index in [1.54, 1.807) is 29.1 Å². The number of pyridine rings is 1. The Morgan fingerprint density at radius 1 is 1.18 bits per heavy atom. The second kappa shape index (κ2) is 9.23. The minimum absolute atomic E-state index is 0.283. The molecule has 170 valence electrons. The van der Waals surface area contributed by atoms with Gasteiger partial charge in [-0.05, 0) is 69.0 Å². The van der Waals surface area contributed by atoms with Crippen molar-refractivity contribution in [3.8, 4) is 0 Å². The Morgan fingerprint density at radius 2 is 2.00 bits per heavy atom. The van der Waals surface area contributed by atoms with Crippen LogP contribution in [0, 0.1) is 13.8 Å². The Kier molecular flexibility index (Phi) is 6.21. The van der Waals surface area contributed by atoms with Crippen LogP contribution < -0.4 is 11.1 Å². The first-order valence-corrected chi connectivity index (χ1v) is 10.9. The highest BCUT2D eigenvalue weighted by molar-refractivity contribution is 6.03. The zero-order valence-electron chi connectivity index (χ0n) is 19.0. The first-order valence-electron chi connectivity index (χ1n) is 10.9. The van der Waals surface area contributed by atoms with E-state index < -0.39 is 5.91 Å². The fourth-order valence-electron chi connectivity index (χ4n) is 4.06. The Morgan fingerprint density at radius 3 is 2.70 bits per heavy atom. The molecule has 0 spiro atoms. The molecule has 0 fully saturated rings. The molecule has 0 aliphatic heterocycles. The highest BCUT2D eigenvalue weighted by Crippen LogP contribution is 2.26. The molecule has 3 aromatic heterocycles. The highest BCUT2D eigenvalue weighted by atomic mass is 16.2. The van der Waals surface area contributed by atoms with Gasteiger partial charge < -0.3 is 10.3 Å². The van der Waals surface area contributed by atoms with Crippen LogP contribution in [0.2, 0.25) is 0 Å². The molecule has 9 heteroatoms. The van der Waals surface area contributed by atoms with E-state index >= 15 is 0 Å². The summed E-state index contributed by atoms with van der Waals surface area (Å²) in [5, 5.41) is 7.31. The molecule has 2 amide bonds. The number of aryl methyl sites for hydroxylation is 5. The first-order chi connectivity index (χ1) is 15.9. The summed E-state index contributed by atoms with van der Waals surface area (Å²) in [6, 6.07) is 9.14. The van der Waals surface area contributed by atoms with Crippen LogP contribution in [0.4, 0.5) is 5.95 Å². The van der Waals surface area contributed by atoms with Gasteiger partial charge in [0, 0.05) is 31.0 Å². The summed E-state index contributed by atoms with van der Waals surface area (Å²) in [5.41, 5.74) is 10.6. The largest absolute Gasteiger partial charge is 0.366 e. The van der Waals surface area contributed by atoms with E-state index in [2.05, 4.69) is 20.4 Å². The van der Waals surface area contributed by atoms with Crippen LogP contribution in [0.15, 0.2) is 42.7 Å². The van der Waals surface area contributed by atoms with E-state index in [4.69, 9.17) is 5.73 Å². The molecular weight excluding hydrogens is 418 g/mol. The molecule has 0 saturated heterocycles. The zero-order chi connectivity index (χ0) is 23.5. The summed E-state index contributed by atoms with van der Waals surface area (Å²) in [7, 11) is 0. The van der Waals surface area contributed by atoms with Gasteiger partial charge in [-0.1, -0.05) is 6.07 Å². The van der Waals surface area contributed by atoms with Crippen LogP contribution in [0.3, 0.4) is 0 Å². The minimum atomic E-state index is -0.515. The molecule has 0 radical (unpaired) electrons. The summed E-state index contributed by atoms with van der Waals surface area (Å²) in [6.45, 7) is 6.91. The summed E-state index contributed by atoms with van der Waals surface area (Å²) in [4.78, 5) is 33.7. The molecule has 0 aliphatic carbocycles. The van der Waals surface area contributed by atoms with E-state index in [9.17, 15) is 9.59 Å². The van der Waals surface area contributed by atoms with Crippen molar-refractivity contribution in [3.05, 3.63) is 70.8 Å². The monoisotopic (exact) mass is 445 g/mol. The lowest BCUT2D eigenvalue weighted by Crippen LogP contribution is -2.20. The van der Waals surface area contributed by atoms with Gasteiger partial charge >= 0.3 is 0 Å². The number of amides is 2. The molecule has 0 atom stereocenters. The molecule has 3 N–H and O–H groups in total. The topological polar surface area (TPSA) is 121 Å². The fourth-order valence-corrected chi connectivity index (χ4v) is 4.06. The quantitative estimate of drug-likeness (QED) is 0.431. The van der Waals surface area contributed by atoms with Crippen molar-refractivity contribution < 1.29 is 9.59 Å². The number of fused-ring (bicyclic) bond motifs is 1. The lowest BCUT2D eigenvalue weighted by molar-refractivity contribution is 0.0996. The Balaban J connectivity index is 1.70. The van der Waals surface area contributed by atoms with Crippen LogP contribution in [0.5, 0.6) is 0 Å². The molecular formula is C24H27N7O2. The average Bonchev–Trinajstić information content (AvgIpc) is 3.34. The summed E-state index contributed by atoms with van der Waals surface area (Å²) in [6.07, 6.45) is 5.26. The molecule has 3 heterocycles. The van der Waals surface area contributed by atoms with Gasteiger partial charge in [0.25, 0.3) is 5.91 Å². The normalized spacial score (nSPS) is 11.1. The summed E-state index contributed by atoms with van der Waals surface area (Å²) < 4.78 is 3.65. The van der Waals surface area contributed by atoms with E-state index in [0.29, 0.717) is 35.8 Å². The first kappa shape index (κ1) is 22.2. The van der Waals surface area contributed by atoms with Crippen LogP contribution in [-0.2, 0) is 19.5 Å². The number of rotatable bonds is 8. The summed E-state index contributed by atoms with van der Waals surface area (Å²) >= 11 is 0. The Bertz CT molecular complexity index is 1320. The number of anilines is 1. The Hall–Kier alpha value is -4.01. The van der Waals surface area contributed by atoms with E-state index in [0.717, 1.165) is 35.2 Å². The van der Waals surface area contributed by atoms with Crippen molar-refractivity contribution in [1.82, 2.24) is 24.3 Å². The molecule has 0 bridgehead atoms. The van der Waals surface area contributed by atoms with Gasteiger partial charge in [0.2, 0.25) is 11.9 Å². The van der Waals surface area contributed by atoms with Gasteiger partial charge in [-0.25, -0.2) is 4.98 Å². The minimum Gasteiger partial charge on any atom is -0.366 e. The molecule has 9 nitrogen and oxygen atoms in total. The van der Waals surface area contributed by atoms with Gasteiger partial charge in [0.15, 0.2) is 0 Å². The molecule has 0 saturated carbocycles. The number of imidazole rings is 1. The maximum absolute atomic E-state index is 13.1. The van der Waals surface area contributed by atoms with Gasteiger partial charge in [0.05, 0.1) is 16.7 Å². The third-order valence-corrected chi connectivity index (χ3v) is 5.55. The molecule has 4 aromatic rings. The smallest absolute Gasteiger partial charge is 0.276 e. The van der Waals surface area contributed by atoms with Gasteiger partial charge in [-0.3, -0.25) is 24.6 Å². The SMILES string of the molecule is CCn1nc(C)cc1C(=O)Nc1nc2cc(C(N)=O)cc(C)c2n1CCCc1cccnc1. The zero-order valence-corrected chi connectivity index (χ0v) is 19.0. The van der Waals surface area contributed by atoms with Crippen molar-refractivity contribution in [1.29, 1.82) is 0 Å². The van der Waals surface area contributed by atoms with Gasteiger partial charge in [0.1, 0.15) is 5.69 Å². The van der Waals surface area contributed by atoms with Crippen LogP contribution >= 0.6 is 0 Å². The van der Waals surface area contributed by atoms with Crippen LogP contribution in [0.1, 0.15) is 51.0 Å². The fraction of sp³-hybridized carbons (Fsp3) is 0.292. The predicted molar refractivity (Wildman–Crippen MR) is 126 cm³/mol. The number of benzene rings is 1. The second-order valence-electron chi connectivity index (χ2n) is 8.02. The lowest BCUT2D eigenvalue weighted by Gasteiger charge is -2.12. The number of aromatic nitrogens is 5. The molecule has 4 rings (SSSR count). The average molecular weight is 446 g/mol. The number of nitrogens with zero attached hydrogens (tertiary/aromatic N) is 5. The second-order valence-corrected chi connectivity index (χ2v) is 8.02. The number of hydrogen-bond donors (Lipinski definition) is 2. The standard InChI is InChI=1S/C24H27N7O2/c1-4-31-20(12-16(3)29-31)23(33)28-24-27-19-13-18(22(25)32)11-15(2)21(19)30(24)10-6-8-17-7-5-9-26-14-17/h5,7,9,11-14H,4,6,8,10H2,1-3H3,(H2,25,32)(H,27,28,33). The van der Waals surface area contributed by atoms with E-state index in [1.807, 2.05) is 43.7 Å². The maximum atomic E-state index is 13.1. The molecule has 33 heavy (non-hydrogen) atoms. The van der Waals surface area contributed by atoms with Crippen molar-refractivity contribution >= 4 is 28.8 Å². The third-order valence-electron chi connectivity index (χ3n) is 5.55. The lowest BCUT2D eigenvalue weighted by atomic mass is 10.1. The van der Waals surface area contributed by atoms with Gasteiger partial charge in [-0.15, -0.1) is 0 Å². The number of nitrogens with one attached hydrogen (secondary N) is 1. The summed E-state index contributed by atoms with van der Waals surface area (Å²) in [5.74, 6) is -0.375. The van der Waals surface area contributed by atoms with Crippen molar-refractivity contribution in [2.75, 3.05) is 5.32 Å². The molecule has 0 aliphatic rings. The number of primary amides is 1. The molecule has 0 unspecified atom stereocenters. The predicted octanol–water partition coefficient (Wildman–Crippen LogP) is 3.25. The third kappa shape index (κ3) is 4.62. The maximum Gasteiger partial charge on any atom is 0.276 e. The van der Waals surface area contributed by atoms with Gasteiger partial charge in [-0.2, -0.15) is 5.10 Å².